The van der Waals surface area contributed by atoms with E-state index in [1.807, 2.05) is 70.2 Å². The second kappa shape index (κ2) is 11.1. The summed E-state index contributed by atoms with van der Waals surface area (Å²) in [7, 11) is 2.15. The van der Waals surface area contributed by atoms with Crippen LogP contribution in [-0.4, -0.2) is 66.0 Å². The molecule has 204 valence electrons. The zero-order chi connectivity index (χ0) is 27.6. The number of nitrogens with zero attached hydrogens (tertiary/aromatic N) is 7. The minimum absolute atomic E-state index is 0.0912. The van der Waals surface area contributed by atoms with Crippen LogP contribution in [0.2, 0.25) is 0 Å². The van der Waals surface area contributed by atoms with E-state index in [-0.39, 0.29) is 11.7 Å². The largest absolute Gasteiger partial charge is 0.382 e. The third-order valence-electron chi connectivity index (χ3n) is 7.26. The summed E-state index contributed by atoms with van der Waals surface area (Å²) in [6.45, 7) is 2.12. The van der Waals surface area contributed by atoms with E-state index in [4.69, 9.17) is 15.7 Å². The summed E-state index contributed by atoms with van der Waals surface area (Å²) in [5, 5.41) is 7.59. The van der Waals surface area contributed by atoms with Gasteiger partial charge in [0.2, 0.25) is 5.91 Å². The number of carbonyl (C=O) groups excluding carboxylic acids is 1. The number of nitrogens with one attached hydrogen (secondary N) is 1. The summed E-state index contributed by atoms with van der Waals surface area (Å²) in [5.41, 5.74) is 11.6. The number of anilines is 2. The molecule has 0 bridgehead atoms. The zero-order valence-corrected chi connectivity index (χ0v) is 23.1. The molecule has 1 amide bonds. The fraction of sp³-hybridized carbons (Fsp3) is 0.276. The molecule has 1 fully saturated rings. The van der Waals surface area contributed by atoms with Crippen LogP contribution in [0.15, 0.2) is 67.1 Å². The minimum atomic E-state index is -0.0912. The Morgan fingerprint density at radius 1 is 1.10 bits per heavy atom. The second-order valence-electron chi connectivity index (χ2n) is 10.1. The highest BCUT2D eigenvalue weighted by molar-refractivity contribution is 7.80. The number of para-hydroxylation sites is 2. The molecule has 0 atom stereocenters. The number of nitrogen functional groups attached to an aromatic ring is 1. The topological polar surface area (TPSA) is 120 Å². The Morgan fingerprint density at radius 2 is 1.93 bits per heavy atom. The van der Waals surface area contributed by atoms with Gasteiger partial charge >= 0.3 is 0 Å². The minimum Gasteiger partial charge on any atom is -0.382 e. The third kappa shape index (κ3) is 5.17. The molecule has 1 saturated heterocycles. The van der Waals surface area contributed by atoms with Gasteiger partial charge in [0.05, 0.1) is 35.2 Å². The maximum Gasteiger partial charge on any atom is 0.225 e. The van der Waals surface area contributed by atoms with E-state index in [2.05, 4.69) is 40.0 Å². The van der Waals surface area contributed by atoms with Gasteiger partial charge in [0.15, 0.2) is 11.6 Å². The Morgan fingerprint density at radius 3 is 2.75 bits per heavy atom. The summed E-state index contributed by atoms with van der Waals surface area (Å²) in [6, 6.07) is 15.9. The van der Waals surface area contributed by atoms with E-state index in [0.29, 0.717) is 41.1 Å². The van der Waals surface area contributed by atoms with Crippen LogP contribution in [0.1, 0.15) is 25.3 Å². The van der Waals surface area contributed by atoms with Crippen molar-refractivity contribution in [2.45, 2.75) is 25.3 Å². The first-order valence-corrected chi connectivity index (χ1v) is 14.0. The van der Waals surface area contributed by atoms with Crippen molar-refractivity contribution in [1.82, 2.24) is 34.2 Å². The van der Waals surface area contributed by atoms with E-state index in [0.717, 1.165) is 48.2 Å². The lowest BCUT2D eigenvalue weighted by atomic mass is 10.1. The summed E-state index contributed by atoms with van der Waals surface area (Å²) in [4.78, 5) is 28.9. The van der Waals surface area contributed by atoms with E-state index in [1.165, 1.54) is 0 Å². The predicted molar refractivity (Wildman–Crippen MR) is 161 cm³/mol. The Hall–Kier alpha value is -4.22. The Kier molecular flexibility index (Phi) is 7.23. The number of imidazole rings is 1. The van der Waals surface area contributed by atoms with E-state index in [9.17, 15) is 4.79 Å². The molecule has 5 aromatic rings. The Bertz CT molecular complexity index is 1670. The van der Waals surface area contributed by atoms with Crippen LogP contribution in [0.5, 0.6) is 0 Å². The van der Waals surface area contributed by atoms with Crippen molar-refractivity contribution in [3.05, 3.63) is 67.1 Å². The lowest BCUT2D eigenvalue weighted by Crippen LogP contribution is -2.31. The van der Waals surface area contributed by atoms with Gasteiger partial charge in [-0.3, -0.25) is 14.0 Å². The highest BCUT2D eigenvalue weighted by atomic mass is 32.1. The molecule has 3 N–H and O–H groups in total. The molecule has 0 unspecified atom stereocenters. The van der Waals surface area contributed by atoms with Crippen molar-refractivity contribution in [2.75, 3.05) is 36.9 Å². The van der Waals surface area contributed by atoms with Crippen molar-refractivity contribution in [1.29, 1.82) is 0 Å². The monoisotopic (exact) mass is 553 g/mol. The molecule has 6 rings (SSSR count). The number of rotatable bonds is 7. The number of aromatic nitrogens is 6. The number of amides is 1. The standard InChI is InChI=1S/C29H31N9OS/c1-36-12-9-21(10-13-36)37-18-19(16-32-37)24-17-31-28(30)27(34-24)29-35-23-7-2-3-8-25(23)38(29)22-6-4-5-20(15-22)33-26(39)11-14-40/h2-8,15-18,21,40H,9-14H2,1H3,(H2,30,31)(H,33,39). The van der Waals surface area contributed by atoms with E-state index < -0.39 is 0 Å². The third-order valence-corrected chi connectivity index (χ3v) is 7.48. The van der Waals surface area contributed by atoms with Gasteiger partial charge in [0, 0.05) is 29.6 Å². The molecule has 1 aliphatic rings. The SMILES string of the molecule is CN1CCC(n2cc(-c3cnc(N)c(-c4nc5ccccc5n4-c4cccc(NC(=O)CCS)c4)n3)cn2)CC1. The quantitative estimate of drug-likeness (QED) is 0.255. The highest BCUT2D eigenvalue weighted by Gasteiger charge is 2.22. The summed E-state index contributed by atoms with van der Waals surface area (Å²) >= 11 is 4.16. The average molecular weight is 554 g/mol. The number of hydrogen-bond donors (Lipinski definition) is 3. The lowest BCUT2D eigenvalue weighted by Gasteiger charge is -2.28. The van der Waals surface area contributed by atoms with Crippen LogP contribution < -0.4 is 11.1 Å². The van der Waals surface area contributed by atoms with Gasteiger partial charge in [-0.05, 0) is 69.1 Å². The van der Waals surface area contributed by atoms with E-state index in [1.54, 1.807) is 6.20 Å². The summed E-state index contributed by atoms with van der Waals surface area (Å²) in [5.74, 6) is 1.23. The molecular formula is C29H31N9OS. The van der Waals surface area contributed by atoms with Crippen LogP contribution in [0.3, 0.4) is 0 Å². The number of piperidine rings is 1. The second-order valence-corrected chi connectivity index (χ2v) is 10.5. The molecule has 2 aromatic carbocycles. The number of thiol groups is 1. The first kappa shape index (κ1) is 26.0. The molecule has 10 nitrogen and oxygen atoms in total. The van der Waals surface area contributed by atoms with Gasteiger partial charge in [-0.2, -0.15) is 17.7 Å². The number of hydrogen-bond acceptors (Lipinski definition) is 8. The molecule has 40 heavy (non-hydrogen) atoms. The van der Waals surface area contributed by atoms with Gasteiger partial charge in [-0.15, -0.1) is 0 Å². The number of fused-ring (bicyclic) bond motifs is 1. The van der Waals surface area contributed by atoms with Crippen LogP contribution in [0.4, 0.5) is 11.5 Å². The summed E-state index contributed by atoms with van der Waals surface area (Å²) < 4.78 is 4.04. The fourth-order valence-corrected chi connectivity index (χ4v) is 5.33. The number of carbonyl (C=O) groups is 1. The molecular weight excluding hydrogens is 522 g/mol. The van der Waals surface area contributed by atoms with Crippen LogP contribution in [-0.2, 0) is 4.79 Å². The molecule has 0 spiro atoms. The van der Waals surface area contributed by atoms with Gasteiger partial charge in [-0.1, -0.05) is 18.2 Å². The van der Waals surface area contributed by atoms with Gasteiger partial charge in [-0.25, -0.2) is 15.0 Å². The molecule has 1 aliphatic heterocycles. The first-order valence-electron chi connectivity index (χ1n) is 13.3. The molecule has 0 aliphatic carbocycles. The number of likely N-dealkylation sites (tertiary alicyclic amines) is 1. The molecule has 4 heterocycles. The summed E-state index contributed by atoms with van der Waals surface area (Å²) in [6.07, 6.45) is 8.02. The van der Waals surface area contributed by atoms with Crippen molar-refractivity contribution < 1.29 is 4.79 Å². The van der Waals surface area contributed by atoms with Crippen LogP contribution in [0, 0.1) is 0 Å². The van der Waals surface area contributed by atoms with Crippen molar-refractivity contribution >= 4 is 41.1 Å². The van der Waals surface area contributed by atoms with Crippen molar-refractivity contribution in [3.63, 3.8) is 0 Å². The van der Waals surface area contributed by atoms with Gasteiger partial charge in [0.25, 0.3) is 0 Å². The maximum absolute atomic E-state index is 12.2. The van der Waals surface area contributed by atoms with Crippen molar-refractivity contribution in [2.24, 2.45) is 0 Å². The number of nitrogens with two attached hydrogens (primary N) is 1. The fourth-order valence-electron chi connectivity index (χ4n) is 5.13. The predicted octanol–water partition coefficient (Wildman–Crippen LogP) is 4.45. The molecule has 11 heteroatoms. The Balaban J connectivity index is 1.41. The lowest BCUT2D eigenvalue weighted by molar-refractivity contribution is -0.115. The normalized spacial score (nSPS) is 14.6. The molecule has 3 aromatic heterocycles. The number of benzene rings is 2. The zero-order valence-electron chi connectivity index (χ0n) is 22.2. The molecule has 0 radical (unpaired) electrons. The van der Waals surface area contributed by atoms with Crippen molar-refractivity contribution in [3.8, 4) is 28.5 Å². The van der Waals surface area contributed by atoms with Gasteiger partial charge < -0.3 is 16.0 Å². The maximum atomic E-state index is 12.2. The van der Waals surface area contributed by atoms with Crippen LogP contribution in [0.25, 0.3) is 39.5 Å². The Labute approximate surface area is 237 Å². The van der Waals surface area contributed by atoms with E-state index >= 15 is 0 Å². The highest BCUT2D eigenvalue weighted by Crippen LogP contribution is 2.32. The van der Waals surface area contributed by atoms with Gasteiger partial charge in [0.1, 0.15) is 5.69 Å². The smallest absolute Gasteiger partial charge is 0.225 e. The average Bonchev–Trinajstić information content (AvgIpc) is 3.60. The molecule has 0 saturated carbocycles. The van der Waals surface area contributed by atoms with Crippen LogP contribution >= 0.6 is 12.6 Å². The first-order chi connectivity index (χ1) is 19.5.